The van der Waals surface area contributed by atoms with E-state index in [0.29, 0.717) is 16.1 Å². The molecular weight excluding hydrogens is 330 g/mol. The molecule has 2 amide bonds. The molecule has 0 fully saturated rings. The summed E-state index contributed by atoms with van der Waals surface area (Å²) >= 11 is 1.20. The zero-order valence-corrected chi connectivity index (χ0v) is 13.3. The largest absolute Gasteiger partial charge is 0.454 e. The average Bonchev–Trinajstić information content (AvgIpc) is 3.05. The Morgan fingerprint density at radius 2 is 1.92 bits per heavy atom. The summed E-state index contributed by atoms with van der Waals surface area (Å²) in [4.78, 5) is 34.9. The lowest BCUT2D eigenvalue weighted by molar-refractivity contribution is -0.146. The fourth-order valence-corrected chi connectivity index (χ4v) is 2.45. The number of nitriles is 1. The molecule has 0 saturated carbocycles. The standard InChI is InChI=1S/C16H13N3O4S/c17-8-12-6-7-24-16(12)19-13(20)10-23-14(21)9-18-15(22)11-4-2-1-3-5-11/h1-7H,9-10H2,(H,18,22)(H,19,20). The third kappa shape index (κ3) is 4.93. The van der Waals surface area contributed by atoms with Crippen LogP contribution in [-0.2, 0) is 14.3 Å². The number of carbonyl (C=O) groups excluding carboxylic acids is 3. The van der Waals surface area contributed by atoms with Crippen LogP contribution in [0.4, 0.5) is 5.00 Å². The zero-order chi connectivity index (χ0) is 17.4. The van der Waals surface area contributed by atoms with E-state index in [9.17, 15) is 14.4 Å². The van der Waals surface area contributed by atoms with Crippen LogP contribution < -0.4 is 10.6 Å². The second kappa shape index (κ2) is 8.45. The number of thiophene rings is 1. The number of amides is 2. The smallest absolute Gasteiger partial charge is 0.325 e. The molecule has 1 aromatic carbocycles. The lowest BCUT2D eigenvalue weighted by Gasteiger charge is -2.07. The molecule has 2 N–H and O–H groups in total. The van der Waals surface area contributed by atoms with Crippen LogP contribution in [0.5, 0.6) is 0 Å². The molecule has 0 unspecified atom stereocenters. The van der Waals surface area contributed by atoms with E-state index in [-0.39, 0.29) is 6.54 Å². The van der Waals surface area contributed by atoms with Crippen LogP contribution in [0.2, 0.25) is 0 Å². The van der Waals surface area contributed by atoms with Crippen molar-refractivity contribution in [2.45, 2.75) is 0 Å². The minimum Gasteiger partial charge on any atom is -0.454 e. The number of nitrogens with zero attached hydrogens (tertiary/aromatic N) is 1. The van der Waals surface area contributed by atoms with Gasteiger partial charge in [-0.15, -0.1) is 11.3 Å². The van der Waals surface area contributed by atoms with E-state index in [1.54, 1.807) is 41.8 Å². The molecule has 0 saturated heterocycles. The van der Waals surface area contributed by atoms with Crippen LogP contribution >= 0.6 is 11.3 Å². The van der Waals surface area contributed by atoms with Crippen molar-refractivity contribution in [1.29, 1.82) is 5.26 Å². The van der Waals surface area contributed by atoms with Crippen molar-refractivity contribution in [2.24, 2.45) is 0 Å². The highest BCUT2D eigenvalue weighted by molar-refractivity contribution is 7.14. The number of nitrogens with one attached hydrogen (secondary N) is 2. The second-order valence-corrected chi connectivity index (χ2v) is 5.45. The lowest BCUT2D eigenvalue weighted by Crippen LogP contribution is -2.32. The Morgan fingerprint density at radius 3 is 2.62 bits per heavy atom. The second-order valence-electron chi connectivity index (χ2n) is 4.53. The number of anilines is 1. The Hall–Kier alpha value is -3.18. The number of benzene rings is 1. The molecule has 0 aliphatic carbocycles. The highest BCUT2D eigenvalue weighted by atomic mass is 32.1. The molecule has 122 valence electrons. The van der Waals surface area contributed by atoms with Crippen LogP contribution in [0, 0.1) is 11.3 Å². The molecule has 7 nitrogen and oxygen atoms in total. The van der Waals surface area contributed by atoms with E-state index in [1.807, 2.05) is 6.07 Å². The molecule has 0 bridgehead atoms. The normalized spacial score (nSPS) is 9.62. The van der Waals surface area contributed by atoms with Crippen molar-refractivity contribution >= 4 is 34.1 Å². The summed E-state index contributed by atoms with van der Waals surface area (Å²) in [7, 11) is 0. The molecule has 1 heterocycles. The molecule has 0 atom stereocenters. The van der Waals surface area contributed by atoms with Gasteiger partial charge in [0, 0.05) is 5.56 Å². The van der Waals surface area contributed by atoms with Gasteiger partial charge in [-0.3, -0.25) is 14.4 Å². The topological polar surface area (TPSA) is 108 Å². The Morgan fingerprint density at radius 1 is 1.17 bits per heavy atom. The Kier molecular flexibility index (Phi) is 6.05. The highest BCUT2D eigenvalue weighted by Gasteiger charge is 2.12. The summed E-state index contributed by atoms with van der Waals surface area (Å²) in [6.45, 7) is -0.841. The first-order chi connectivity index (χ1) is 11.6. The molecule has 2 aromatic rings. The number of esters is 1. The fourth-order valence-electron chi connectivity index (χ4n) is 1.70. The maximum atomic E-state index is 11.7. The third-order valence-electron chi connectivity index (χ3n) is 2.83. The molecular formula is C16H13N3O4S. The Balaban J connectivity index is 1.72. The molecule has 2 rings (SSSR count). The SMILES string of the molecule is N#Cc1ccsc1NC(=O)COC(=O)CNC(=O)c1ccccc1. The predicted octanol–water partition coefficient (Wildman–Crippen LogP) is 1.53. The van der Waals surface area contributed by atoms with Gasteiger partial charge in [-0.1, -0.05) is 18.2 Å². The molecule has 0 aliphatic rings. The number of carbonyl (C=O) groups is 3. The van der Waals surface area contributed by atoms with E-state index in [2.05, 4.69) is 10.6 Å². The fraction of sp³-hybridized carbons (Fsp3) is 0.125. The Labute approximate surface area is 141 Å². The van der Waals surface area contributed by atoms with Gasteiger partial charge in [0.15, 0.2) is 6.61 Å². The number of rotatable bonds is 6. The van der Waals surface area contributed by atoms with Crippen molar-refractivity contribution in [3.8, 4) is 6.07 Å². The molecule has 0 radical (unpaired) electrons. The Bertz CT molecular complexity index is 780. The van der Waals surface area contributed by atoms with Gasteiger partial charge in [-0.05, 0) is 23.6 Å². The summed E-state index contributed by atoms with van der Waals surface area (Å²) in [5.41, 5.74) is 0.763. The zero-order valence-electron chi connectivity index (χ0n) is 12.4. The van der Waals surface area contributed by atoms with Crippen molar-refractivity contribution in [3.63, 3.8) is 0 Å². The first-order valence-corrected chi connectivity index (χ1v) is 7.74. The minimum atomic E-state index is -0.735. The number of hydrogen-bond donors (Lipinski definition) is 2. The summed E-state index contributed by atoms with van der Waals surface area (Å²) in [6.07, 6.45) is 0. The van der Waals surface area contributed by atoms with Crippen molar-refractivity contribution < 1.29 is 19.1 Å². The molecule has 0 aliphatic heterocycles. The van der Waals surface area contributed by atoms with E-state index < -0.39 is 24.4 Å². The average molecular weight is 343 g/mol. The first-order valence-electron chi connectivity index (χ1n) is 6.86. The van der Waals surface area contributed by atoms with Gasteiger partial charge in [-0.25, -0.2) is 0 Å². The minimum absolute atomic E-state index is 0.342. The van der Waals surface area contributed by atoms with E-state index in [0.717, 1.165) is 0 Å². The molecule has 0 spiro atoms. The highest BCUT2D eigenvalue weighted by Crippen LogP contribution is 2.21. The van der Waals surface area contributed by atoms with Gasteiger partial charge in [-0.2, -0.15) is 5.26 Å². The molecule has 24 heavy (non-hydrogen) atoms. The van der Waals surface area contributed by atoms with Crippen LogP contribution in [0.1, 0.15) is 15.9 Å². The van der Waals surface area contributed by atoms with Gasteiger partial charge < -0.3 is 15.4 Å². The summed E-state index contributed by atoms with van der Waals surface area (Å²) in [5.74, 6) is -1.70. The van der Waals surface area contributed by atoms with Gasteiger partial charge in [0.1, 0.15) is 17.6 Å². The van der Waals surface area contributed by atoms with Crippen molar-refractivity contribution in [3.05, 3.63) is 52.9 Å². The van der Waals surface area contributed by atoms with Crippen LogP contribution in [0.25, 0.3) is 0 Å². The van der Waals surface area contributed by atoms with Crippen LogP contribution in [-0.4, -0.2) is 30.9 Å². The van der Waals surface area contributed by atoms with Crippen LogP contribution in [0.15, 0.2) is 41.8 Å². The van der Waals surface area contributed by atoms with Gasteiger partial charge >= 0.3 is 5.97 Å². The molecule has 8 heteroatoms. The summed E-state index contributed by atoms with van der Waals surface area (Å²) in [6, 6.07) is 11.9. The third-order valence-corrected chi connectivity index (χ3v) is 3.66. The van der Waals surface area contributed by atoms with E-state index in [4.69, 9.17) is 10.00 Å². The molecule has 1 aromatic heterocycles. The lowest BCUT2D eigenvalue weighted by atomic mass is 10.2. The van der Waals surface area contributed by atoms with Gasteiger partial charge in [0.2, 0.25) is 0 Å². The first kappa shape index (κ1) is 17.2. The van der Waals surface area contributed by atoms with Crippen molar-refractivity contribution in [1.82, 2.24) is 5.32 Å². The van der Waals surface area contributed by atoms with Gasteiger partial charge in [0.05, 0.1) is 5.56 Å². The monoisotopic (exact) mass is 343 g/mol. The summed E-state index contributed by atoms with van der Waals surface area (Å²) < 4.78 is 4.77. The summed E-state index contributed by atoms with van der Waals surface area (Å²) in [5, 5.41) is 15.8. The maximum Gasteiger partial charge on any atom is 0.325 e. The quantitative estimate of drug-likeness (QED) is 0.773. The number of ether oxygens (including phenoxy) is 1. The van der Waals surface area contributed by atoms with Gasteiger partial charge in [0.25, 0.3) is 11.8 Å². The van der Waals surface area contributed by atoms with E-state index in [1.165, 1.54) is 11.3 Å². The van der Waals surface area contributed by atoms with E-state index >= 15 is 0 Å². The van der Waals surface area contributed by atoms with Crippen LogP contribution in [0.3, 0.4) is 0 Å². The number of hydrogen-bond acceptors (Lipinski definition) is 6. The van der Waals surface area contributed by atoms with Crippen molar-refractivity contribution in [2.75, 3.05) is 18.5 Å². The predicted molar refractivity (Wildman–Crippen MR) is 87.4 cm³/mol. The maximum absolute atomic E-state index is 11.7.